The highest BCUT2D eigenvalue weighted by Crippen LogP contribution is 2.32. The van der Waals surface area contributed by atoms with Crippen molar-refractivity contribution in [1.29, 1.82) is 0 Å². The SMILES string of the molecule is CC(C)c1cc(Cl)c2cc(Cl)cc(Cl)c2n1. The van der Waals surface area contributed by atoms with Crippen molar-refractivity contribution in [2.75, 3.05) is 0 Å². The van der Waals surface area contributed by atoms with Gasteiger partial charge in [0.25, 0.3) is 0 Å². The molecule has 0 bridgehead atoms. The van der Waals surface area contributed by atoms with Crippen LogP contribution in [0.4, 0.5) is 0 Å². The molecule has 0 amide bonds. The van der Waals surface area contributed by atoms with E-state index in [1.165, 1.54) is 0 Å². The Morgan fingerprint density at radius 2 is 1.69 bits per heavy atom. The van der Waals surface area contributed by atoms with Gasteiger partial charge < -0.3 is 0 Å². The van der Waals surface area contributed by atoms with E-state index in [4.69, 9.17) is 34.8 Å². The monoisotopic (exact) mass is 273 g/mol. The molecule has 0 aliphatic heterocycles. The van der Waals surface area contributed by atoms with Crippen molar-refractivity contribution in [1.82, 2.24) is 4.98 Å². The van der Waals surface area contributed by atoms with E-state index >= 15 is 0 Å². The van der Waals surface area contributed by atoms with Gasteiger partial charge in [0.05, 0.1) is 15.6 Å². The highest BCUT2D eigenvalue weighted by molar-refractivity contribution is 6.41. The third-order valence-corrected chi connectivity index (χ3v) is 3.21. The lowest BCUT2D eigenvalue weighted by Gasteiger charge is -2.09. The van der Waals surface area contributed by atoms with E-state index < -0.39 is 0 Å². The maximum atomic E-state index is 6.19. The summed E-state index contributed by atoms with van der Waals surface area (Å²) in [6.07, 6.45) is 0. The lowest BCUT2D eigenvalue weighted by Crippen LogP contribution is -1.94. The number of benzene rings is 1. The van der Waals surface area contributed by atoms with Crippen molar-refractivity contribution in [3.63, 3.8) is 0 Å². The van der Waals surface area contributed by atoms with E-state index in [1.807, 2.05) is 6.07 Å². The summed E-state index contributed by atoms with van der Waals surface area (Å²) in [6, 6.07) is 5.32. The second-order valence-corrected chi connectivity index (χ2v) is 5.22. The lowest BCUT2D eigenvalue weighted by atomic mass is 10.1. The molecule has 0 saturated carbocycles. The predicted octanol–water partition coefficient (Wildman–Crippen LogP) is 5.32. The normalized spacial score (nSPS) is 11.4. The zero-order valence-corrected chi connectivity index (χ0v) is 11.2. The number of rotatable bonds is 1. The van der Waals surface area contributed by atoms with Crippen LogP contribution in [0.15, 0.2) is 18.2 Å². The average molecular weight is 275 g/mol. The molecule has 2 aromatic rings. The Hall–Kier alpha value is -0.500. The van der Waals surface area contributed by atoms with Gasteiger partial charge in [0, 0.05) is 16.1 Å². The van der Waals surface area contributed by atoms with E-state index in [9.17, 15) is 0 Å². The Morgan fingerprint density at radius 1 is 1.00 bits per heavy atom. The van der Waals surface area contributed by atoms with Crippen LogP contribution in [-0.2, 0) is 0 Å². The molecule has 84 valence electrons. The van der Waals surface area contributed by atoms with Crippen LogP contribution < -0.4 is 0 Å². The summed E-state index contributed by atoms with van der Waals surface area (Å²) >= 11 is 18.2. The van der Waals surface area contributed by atoms with Crippen LogP contribution in [-0.4, -0.2) is 4.98 Å². The van der Waals surface area contributed by atoms with Gasteiger partial charge in [-0.3, -0.25) is 4.98 Å². The fraction of sp³-hybridized carbons (Fsp3) is 0.250. The van der Waals surface area contributed by atoms with Crippen LogP contribution in [0, 0.1) is 0 Å². The number of halogens is 3. The first-order valence-electron chi connectivity index (χ1n) is 4.94. The van der Waals surface area contributed by atoms with E-state index in [0.29, 0.717) is 26.5 Å². The van der Waals surface area contributed by atoms with E-state index in [0.717, 1.165) is 11.1 Å². The van der Waals surface area contributed by atoms with Crippen molar-refractivity contribution < 1.29 is 0 Å². The summed E-state index contributed by atoms with van der Waals surface area (Å²) in [5, 5.41) is 2.53. The summed E-state index contributed by atoms with van der Waals surface area (Å²) in [5.41, 5.74) is 1.64. The summed E-state index contributed by atoms with van der Waals surface area (Å²) in [4.78, 5) is 4.50. The summed E-state index contributed by atoms with van der Waals surface area (Å²) in [7, 11) is 0. The fourth-order valence-corrected chi connectivity index (χ4v) is 2.32. The Labute approximate surface area is 109 Å². The Morgan fingerprint density at radius 3 is 2.31 bits per heavy atom. The van der Waals surface area contributed by atoms with Crippen LogP contribution in [0.5, 0.6) is 0 Å². The second kappa shape index (κ2) is 4.40. The fourth-order valence-electron chi connectivity index (χ4n) is 1.53. The van der Waals surface area contributed by atoms with Crippen molar-refractivity contribution in [2.24, 2.45) is 0 Å². The predicted molar refractivity (Wildman–Crippen MR) is 70.9 cm³/mol. The molecule has 0 radical (unpaired) electrons. The third-order valence-electron chi connectivity index (χ3n) is 2.39. The molecular weight excluding hydrogens is 264 g/mol. The Bertz CT molecular complexity index is 549. The molecule has 16 heavy (non-hydrogen) atoms. The van der Waals surface area contributed by atoms with Crippen LogP contribution in [0.3, 0.4) is 0 Å². The van der Waals surface area contributed by atoms with Crippen molar-refractivity contribution >= 4 is 45.7 Å². The van der Waals surface area contributed by atoms with Crippen LogP contribution >= 0.6 is 34.8 Å². The highest BCUT2D eigenvalue weighted by Gasteiger charge is 2.10. The van der Waals surface area contributed by atoms with Gasteiger partial charge in [-0.1, -0.05) is 48.7 Å². The van der Waals surface area contributed by atoms with Crippen LogP contribution in [0.25, 0.3) is 10.9 Å². The smallest absolute Gasteiger partial charge is 0.0907 e. The molecule has 2 rings (SSSR count). The molecule has 0 aliphatic carbocycles. The first-order chi connectivity index (χ1) is 7.49. The molecule has 0 N–H and O–H groups in total. The molecule has 1 aromatic carbocycles. The Balaban J connectivity index is 2.82. The van der Waals surface area contributed by atoms with E-state index in [-0.39, 0.29) is 0 Å². The van der Waals surface area contributed by atoms with Crippen LogP contribution in [0.1, 0.15) is 25.5 Å². The van der Waals surface area contributed by atoms with E-state index in [1.54, 1.807) is 12.1 Å². The van der Waals surface area contributed by atoms with Gasteiger partial charge in [-0.05, 0) is 24.1 Å². The molecule has 0 aliphatic rings. The van der Waals surface area contributed by atoms with Gasteiger partial charge in [-0.25, -0.2) is 0 Å². The molecule has 0 fully saturated rings. The second-order valence-electron chi connectivity index (χ2n) is 3.97. The summed E-state index contributed by atoms with van der Waals surface area (Å²) in [5.74, 6) is 0.314. The number of fused-ring (bicyclic) bond motifs is 1. The number of aromatic nitrogens is 1. The first kappa shape index (κ1) is 12.0. The molecular formula is C12H10Cl3N. The first-order valence-corrected chi connectivity index (χ1v) is 6.07. The van der Waals surface area contributed by atoms with Gasteiger partial charge >= 0.3 is 0 Å². The zero-order valence-electron chi connectivity index (χ0n) is 8.89. The molecule has 0 saturated heterocycles. The molecule has 0 unspecified atom stereocenters. The topological polar surface area (TPSA) is 12.9 Å². The van der Waals surface area contributed by atoms with Crippen molar-refractivity contribution in [3.8, 4) is 0 Å². The number of hydrogen-bond donors (Lipinski definition) is 0. The van der Waals surface area contributed by atoms with Gasteiger partial charge in [0.15, 0.2) is 0 Å². The molecule has 1 nitrogen and oxygen atoms in total. The number of nitrogens with zero attached hydrogens (tertiary/aromatic N) is 1. The van der Waals surface area contributed by atoms with Gasteiger partial charge in [-0.15, -0.1) is 0 Å². The van der Waals surface area contributed by atoms with Crippen molar-refractivity contribution in [2.45, 2.75) is 19.8 Å². The third kappa shape index (κ3) is 2.13. The maximum Gasteiger partial charge on any atom is 0.0907 e. The molecule has 0 atom stereocenters. The highest BCUT2D eigenvalue weighted by atomic mass is 35.5. The summed E-state index contributed by atoms with van der Waals surface area (Å²) in [6.45, 7) is 4.13. The van der Waals surface area contributed by atoms with Gasteiger partial charge in [0.1, 0.15) is 0 Å². The molecule has 4 heteroatoms. The lowest BCUT2D eigenvalue weighted by molar-refractivity contribution is 0.830. The Kier molecular flexibility index (Phi) is 3.29. The minimum Gasteiger partial charge on any atom is -0.251 e. The van der Waals surface area contributed by atoms with E-state index in [2.05, 4.69) is 18.8 Å². The number of pyridine rings is 1. The maximum absolute atomic E-state index is 6.19. The summed E-state index contributed by atoms with van der Waals surface area (Å²) < 4.78 is 0. The standard InChI is InChI=1S/C12H10Cl3N/c1-6(2)11-5-9(14)8-3-7(13)4-10(15)12(8)16-11/h3-6H,1-2H3. The van der Waals surface area contributed by atoms with Crippen LogP contribution in [0.2, 0.25) is 15.1 Å². The minimum absolute atomic E-state index is 0.314. The average Bonchev–Trinajstić information content (AvgIpc) is 2.19. The van der Waals surface area contributed by atoms with Crippen molar-refractivity contribution in [3.05, 3.63) is 39.0 Å². The molecule has 1 aromatic heterocycles. The quantitative estimate of drug-likeness (QED) is 0.686. The minimum atomic E-state index is 0.314. The molecule has 0 spiro atoms. The zero-order chi connectivity index (χ0) is 11.9. The van der Waals surface area contributed by atoms with Gasteiger partial charge in [0.2, 0.25) is 0 Å². The number of hydrogen-bond acceptors (Lipinski definition) is 1. The molecule has 1 heterocycles. The largest absolute Gasteiger partial charge is 0.251 e. The van der Waals surface area contributed by atoms with Gasteiger partial charge in [-0.2, -0.15) is 0 Å².